The molecule has 1 heterocycles. The van der Waals surface area contributed by atoms with E-state index in [1.54, 1.807) is 0 Å². The number of carbonyl (C=O) groups is 1. The Hall–Kier alpha value is -0.570. The first-order valence-corrected chi connectivity index (χ1v) is 6.24. The summed E-state index contributed by atoms with van der Waals surface area (Å²) >= 11 is 0. The highest BCUT2D eigenvalue weighted by Crippen LogP contribution is 2.22. The Morgan fingerprint density at radius 2 is 2.06 bits per heavy atom. The third kappa shape index (κ3) is 4.52. The average Bonchev–Trinajstić information content (AvgIpc) is 2.48. The van der Waals surface area contributed by atoms with Crippen LogP contribution in [0, 0.1) is 5.92 Å². The maximum absolute atomic E-state index is 11.7. The Morgan fingerprint density at radius 3 is 2.50 bits per heavy atom. The van der Waals surface area contributed by atoms with Crippen LogP contribution in [0.5, 0.6) is 0 Å². The van der Waals surface area contributed by atoms with Gasteiger partial charge in [-0.25, -0.2) is 0 Å². The Balaban J connectivity index is 2.32. The molecule has 1 fully saturated rings. The highest BCUT2D eigenvalue weighted by molar-refractivity contribution is 5.70. The zero-order valence-electron chi connectivity index (χ0n) is 11.2. The average molecular weight is 227 g/mol. The summed E-state index contributed by atoms with van der Waals surface area (Å²) in [5, 5.41) is 0. The van der Waals surface area contributed by atoms with Crippen molar-refractivity contribution in [2.45, 2.75) is 59.1 Å². The molecular weight excluding hydrogens is 202 g/mol. The van der Waals surface area contributed by atoms with Crippen molar-refractivity contribution >= 4 is 5.97 Å². The molecule has 0 aromatic carbocycles. The molecule has 0 bridgehead atoms. The number of likely N-dealkylation sites (tertiary alicyclic amines) is 1. The van der Waals surface area contributed by atoms with Crippen LogP contribution in [0.25, 0.3) is 0 Å². The lowest BCUT2D eigenvalue weighted by Crippen LogP contribution is -2.29. The topological polar surface area (TPSA) is 29.5 Å². The van der Waals surface area contributed by atoms with Crippen LogP contribution in [-0.2, 0) is 9.53 Å². The quantitative estimate of drug-likeness (QED) is 0.694. The zero-order valence-corrected chi connectivity index (χ0v) is 11.2. The van der Waals surface area contributed by atoms with Gasteiger partial charge in [0.1, 0.15) is 5.60 Å². The molecule has 16 heavy (non-hydrogen) atoms. The first-order valence-electron chi connectivity index (χ1n) is 6.24. The van der Waals surface area contributed by atoms with Crippen molar-refractivity contribution in [3.63, 3.8) is 0 Å². The summed E-state index contributed by atoms with van der Waals surface area (Å²) in [6.07, 6.45) is 1.69. The van der Waals surface area contributed by atoms with Crippen molar-refractivity contribution in [2.75, 3.05) is 13.1 Å². The normalized spacial score (nSPS) is 22.8. The van der Waals surface area contributed by atoms with E-state index < -0.39 is 0 Å². The van der Waals surface area contributed by atoms with Gasteiger partial charge in [0.2, 0.25) is 0 Å². The van der Waals surface area contributed by atoms with Gasteiger partial charge in [0, 0.05) is 19.0 Å². The number of hydrogen-bond acceptors (Lipinski definition) is 3. The molecule has 0 spiro atoms. The highest BCUT2D eigenvalue weighted by atomic mass is 16.6. The van der Waals surface area contributed by atoms with Crippen LogP contribution in [0.1, 0.15) is 47.5 Å². The molecule has 0 aromatic heterocycles. The van der Waals surface area contributed by atoms with E-state index in [0.717, 1.165) is 19.5 Å². The molecular formula is C13H25NO2. The molecule has 0 radical (unpaired) electrons. The van der Waals surface area contributed by atoms with Gasteiger partial charge in [0.05, 0.1) is 0 Å². The first-order chi connectivity index (χ1) is 7.28. The molecule has 0 saturated carbocycles. The maximum atomic E-state index is 11.7. The summed E-state index contributed by atoms with van der Waals surface area (Å²) in [6.45, 7) is 12.3. The van der Waals surface area contributed by atoms with Crippen molar-refractivity contribution in [3.05, 3.63) is 0 Å². The molecule has 0 N–H and O–H groups in total. The van der Waals surface area contributed by atoms with Gasteiger partial charge in [-0.05, 0) is 53.5 Å². The van der Waals surface area contributed by atoms with E-state index in [1.165, 1.54) is 0 Å². The van der Waals surface area contributed by atoms with Crippen LogP contribution in [0.4, 0.5) is 0 Å². The summed E-state index contributed by atoms with van der Waals surface area (Å²) in [7, 11) is 0. The zero-order chi connectivity index (χ0) is 12.3. The van der Waals surface area contributed by atoms with Gasteiger partial charge < -0.3 is 9.64 Å². The second kappa shape index (κ2) is 5.17. The number of esters is 1. The molecule has 1 rings (SSSR count). The predicted octanol–water partition coefficient (Wildman–Crippen LogP) is 2.45. The molecule has 1 saturated heterocycles. The van der Waals surface area contributed by atoms with Crippen molar-refractivity contribution in [1.82, 2.24) is 4.90 Å². The van der Waals surface area contributed by atoms with E-state index in [9.17, 15) is 4.79 Å². The number of nitrogens with zero attached hydrogens (tertiary/aromatic N) is 1. The van der Waals surface area contributed by atoms with E-state index in [0.29, 0.717) is 18.4 Å². The van der Waals surface area contributed by atoms with Crippen molar-refractivity contribution in [3.8, 4) is 0 Å². The second-order valence-corrected chi connectivity index (χ2v) is 6.03. The summed E-state index contributed by atoms with van der Waals surface area (Å²) in [6, 6.07) is 0.587. The van der Waals surface area contributed by atoms with Crippen molar-refractivity contribution < 1.29 is 9.53 Å². The van der Waals surface area contributed by atoms with E-state index in [-0.39, 0.29) is 11.6 Å². The summed E-state index contributed by atoms with van der Waals surface area (Å²) in [5.41, 5.74) is -0.354. The lowest BCUT2D eigenvalue weighted by atomic mass is 10.1. The Labute approximate surface area is 99.1 Å². The predicted molar refractivity (Wildman–Crippen MR) is 65.3 cm³/mol. The molecule has 0 aliphatic carbocycles. The van der Waals surface area contributed by atoms with Gasteiger partial charge in [-0.1, -0.05) is 0 Å². The molecule has 1 atom stereocenters. The number of carbonyl (C=O) groups excluding carboxylic acids is 1. The molecule has 0 amide bonds. The second-order valence-electron chi connectivity index (χ2n) is 6.03. The first kappa shape index (κ1) is 13.5. The van der Waals surface area contributed by atoms with Gasteiger partial charge in [-0.15, -0.1) is 0 Å². The number of rotatable bonds is 3. The lowest BCUT2D eigenvalue weighted by Gasteiger charge is -2.22. The van der Waals surface area contributed by atoms with E-state index in [2.05, 4.69) is 18.7 Å². The van der Waals surface area contributed by atoms with Gasteiger partial charge in [-0.3, -0.25) is 4.79 Å². The minimum atomic E-state index is -0.354. The molecule has 0 unspecified atom stereocenters. The van der Waals surface area contributed by atoms with Crippen LogP contribution in [0.2, 0.25) is 0 Å². The molecule has 94 valence electrons. The van der Waals surface area contributed by atoms with E-state index in [1.807, 2.05) is 20.8 Å². The molecule has 1 aliphatic heterocycles. The number of ether oxygens (including phenoxy) is 1. The fraction of sp³-hybridized carbons (Fsp3) is 0.923. The molecule has 3 nitrogen and oxygen atoms in total. The van der Waals surface area contributed by atoms with E-state index >= 15 is 0 Å². The largest absolute Gasteiger partial charge is 0.460 e. The van der Waals surface area contributed by atoms with Crippen LogP contribution in [-0.4, -0.2) is 35.6 Å². The smallest absolute Gasteiger partial charge is 0.306 e. The third-order valence-corrected chi connectivity index (χ3v) is 2.92. The fourth-order valence-electron chi connectivity index (χ4n) is 2.12. The molecule has 3 heteroatoms. The SMILES string of the molecule is CC(C)N1CC[C@@H](CC(=O)OC(C)(C)C)C1. The fourth-order valence-corrected chi connectivity index (χ4v) is 2.12. The maximum Gasteiger partial charge on any atom is 0.306 e. The van der Waals surface area contributed by atoms with Crippen LogP contribution in [0.3, 0.4) is 0 Å². The van der Waals surface area contributed by atoms with Crippen molar-refractivity contribution in [2.24, 2.45) is 5.92 Å². The van der Waals surface area contributed by atoms with E-state index in [4.69, 9.17) is 4.74 Å². The summed E-state index contributed by atoms with van der Waals surface area (Å²) in [5.74, 6) is 0.431. The lowest BCUT2D eigenvalue weighted by molar-refractivity contribution is -0.155. The minimum Gasteiger partial charge on any atom is -0.460 e. The van der Waals surface area contributed by atoms with Gasteiger partial charge >= 0.3 is 5.97 Å². The monoisotopic (exact) mass is 227 g/mol. The van der Waals surface area contributed by atoms with Crippen molar-refractivity contribution in [1.29, 1.82) is 0 Å². The van der Waals surface area contributed by atoms with Gasteiger partial charge in [0.25, 0.3) is 0 Å². The van der Waals surface area contributed by atoms with Crippen LogP contribution < -0.4 is 0 Å². The third-order valence-electron chi connectivity index (χ3n) is 2.92. The Kier molecular flexibility index (Phi) is 4.36. The van der Waals surface area contributed by atoms with Gasteiger partial charge in [-0.2, -0.15) is 0 Å². The van der Waals surface area contributed by atoms with Gasteiger partial charge in [0.15, 0.2) is 0 Å². The summed E-state index contributed by atoms with van der Waals surface area (Å²) in [4.78, 5) is 14.1. The molecule has 0 aromatic rings. The standard InChI is InChI=1S/C13H25NO2/c1-10(2)14-7-6-11(9-14)8-12(15)16-13(3,4)5/h10-11H,6-9H2,1-5H3/t11-/m0/s1. The number of hydrogen-bond donors (Lipinski definition) is 0. The minimum absolute atomic E-state index is 0.0527. The van der Waals surface area contributed by atoms with Crippen LogP contribution >= 0.6 is 0 Å². The Bertz CT molecular complexity index is 243. The Morgan fingerprint density at radius 1 is 1.44 bits per heavy atom. The highest BCUT2D eigenvalue weighted by Gasteiger charge is 2.27. The summed E-state index contributed by atoms with van der Waals surface area (Å²) < 4.78 is 5.34. The molecule has 1 aliphatic rings. The van der Waals surface area contributed by atoms with Crippen LogP contribution in [0.15, 0.2) is 0 Å².